The van der Waals surface area contributed by atoms with E-state index in [1.54, 1.807) is 6.26 Å². The van der Waals surface area contributed by atoms with Crippen molar-refractivity contribution in [2.24, 2.45) is 0 Å². The van der Waals surface area contributed by atoms with Gasteiger partial charge in [-0.1, -0.05) is 24.6 Å². The van der Waals surface area contributed by atoms with Crippen molar-refractivity contribution in [1.82, 2.24) is 5.32 Å². The molecule has 0 aliphatic heterocycles. The molecule has 2 rings (SSSR count). The first-order valence-electron chi connectivity index (χ1n) is 6.87. The molecule has 1 heterocycles. The number of likely N-dealkylation sites (N-methyl/N-ethyl adjacent to an activating group) is 1. The van der Waals surface area contributed by atoms with E-state index >= 15 is 0 Å². The molecule has 0 aliphatic carbocycles. The van der Waals surface area contributed by atoms with Crippen molar-refractivity contribution < 1.29 is 9.15 Å². The van der Waals surface area contributed by atoms with Crippen LogP contribution in [0.4, 0.5) is 0 Å². The lowest BCUT2D eigenvalue weighted by Crippen LogP contribution is -2.42. The summed E-state index contributed by atoms with van der Waals surface area (Å²) in [5, 5.41) is 4.12. The van der Waals surface area contributed by atoms with E-state index in [0.717, 1.165) is 24.5 Å². The molecule has 3 nitrogen and oxygen atoms in total. The number of nitrogens with one attached hydrogen (secondary N) is 1. The van der Waals surface area contributed by atoms with Crippen LogP contribution in [-0.4, -0.2) is 18.7 Å². The van der Waals surface area contributed by atoms with E-state index in [4.69, 9.17) is 20.8 Å². The van der Waals surface area contributed by atoms with E-state index in [1.165, 1.54) is 0 Å². The fourth-order valence-electron chi connectivity index (χ4n) is 2.15. The Kier molecular flexibility index (Phi) is 5.50. The molecule has 0 saturated heterocycles. The number of ether oxygens (including phenoxy) is 1. The minimum absolute atomic E-state index is 0.0125. The number of hydrogen-bond donors (Lipinski definition) is 1. The summed E-state index contributed by atoms with van der Waals surface area (Å²) < 4.78 is 11.4. The molecule has 0 fully saturated rings. The quantitative estimate of drug-likeness (QED) is 0.840. The van der Waals surface area contributed by atoms with Gasteiger partial charge in [-0.25, -0.2) is 0 Å². The zero-order valence-corrected chi connectivity index (χ0v) is 12.6. The van der Waals surface area contributed by atoms with Gasteiger partial charge in [0.1, 0.15) is 17.6 Å². The first kappa shape index (κ1) is 14.9. The minimum atomic E-state index is 0.0125. The van der Waals surface area contributed by atoms with Crippen molar-refractivity contribution in [2.45, 2.75) is 32.4 Å². The van der Waals surface area contributed by atoms with Crippen LogP contribution in [0.25, 0.3) is 0 Å². The number of halogens is 1. The van der Waals surface area contributed by atoms with Crippen LogP contribution in [0.2, 0.25) is 5.02 Å². The molecule has 0 radical (unpaired) electrons. The lowest BCUT2D eigenvalue weighted by Gasteiger charge is -2.25. The molecule has 108 valence electrons. The highest BCUT2D eigenvalue weighted by atomic mass is 35.5. The zero-order valence-electron chi connectivity index (χ0n) is 11.8. The molecule has 2 aromatic rings. The highest BCUT2D eigenvalue weighted by molar-refractivity contribution is 6.30. The van der Waals surface area contributed by atoms with Gasteiger partial charge in [0, 0.05) is 11.4 Å². The Hall–Kier alpha value is -1.45. The highest BCUT2D eigenvalue weighted by Gasteiger charge is 2.19. The number of benzene rings is 1. The van der Waals surface area contributed by atoms with Crippen LogP contribution in [0, 0.1) is 0 Å². The third-order valence-corrected chi connectivity index (χ3v) is 3.39. The second-order valence-electron chi connectivity index (χ2n) is 4.73. The van der Waals surface area contributed by atoms with Crippen LogP contribution >= 0.6 is 11.6 Å². The average Bonchev–Trinajstić information content (AvgIpc) is 2.91. The van der Waals surface area contributed by atoms with Gasteiger partial charge in [0.05, 0.1) is 12.3 Å². The van der Waals surface area contributed by atoms with Gasteiger partial charge < -0.3 is 14.5 Å². The first-order valence-corrected chi connectivity index (χ1v) is 7.25. The smallest absolute Gasteiger partial charge is 0.121 e. The van der Waals surface area contributed by atoms with E-state index in [0.29, 0.717) is 5.02 Å². The van der Waals surface area contributed by atoms with E-state index in [-0.39, 0.29) is 12.1 Å². The third-order valence-electron chi connectivity index (χ3n) is 3.15. The van der Waals surface area contributed by atoms with Gasteiger partial charge in [-0.3, -0.25) is 0 Å². The van der Waals surface area contributed by atoms with Crippen molar-refractivity contribution in [2.75, 3.05) is 6.54 Å². The van der Waals surface area contributed by atoms with E-state index < -0.39 is 0 Å². The maximum Gasteiger partial charge on any atom is 0.121 e. The fourth-order valence-corrected chi connectivity index (χ4v) is 2.33. The molecule has 0 saturated carbocycles. The molecule has 0 aliphatic rings. The van der Waals surface area contributed by atoms with Crippen molar-refractivity contribution in [3.05, 3.63) is 53.4 Å². The molecular formula is C16H20ClNO2. The monoisotopic (exact) mass is 293 g/mol. The molecule has 20 heavy (non-hydrogen) atoms. The molecule has 1 aromatic carbocycles. The van der Waals surface area contributed by atoms with Gasteiger partial charge in [-0.15, -0.1) is 0 Å². The third kappa shape index (κ3) is 4.29. The normalized spacial score (nSPS) is 13.9. The van der Waals surface area contributed by atoms with Crippen molar-refractivity contribution in [1.29, 1.82) is 0 Å². The van der Waals surface area contributed by atoms with Crippen molar-refractivity contribution >= 4 is 11.6 Å². The van der Waals surface area contributed by atoms with Crippen LogP contribution in [0.5, 0.6) is 5.75 Å². The van der Waals surface area contributed by atoms with E-state index in [1.807, 2.05) is 36.4 Å². The molecule has 0 bridgehead atoms. The summed E-state index contributed by atoms with van der Waals surface area (Å²) in [5.74, 6) is 1.74. The summed E-state index contributed by atoms with van der Waals surface area (Å²) in [5.41, 5.74) is 0. The maximum atomic E-state index is 5.97. The Morgan fingerprint density at radius 1 is 1.30 bits per heavy atom. The summed E-state index contributed by atoms with van der Waals surface area (Å²) in [4.78, 5) is 0. The fraction of sp³-hybridized carbons (Fsp3) is 0.375. The molecular weight excluding hydrogens is 274 g/mol. The Labute approximate surface area is 124 Å². The van der Waals surface area contributed by atoms with Gasteiger partial charge in [-0.05, 0) is 43.8 Å². The SMILES string of the molecule is CCNC(Cc1ccco1)C(C)Oc1cccc(Cl)c1. The summed E-state index contributed by atoms with van der Waals surface area (Å²) in [6, 6.07) is 11.5. The van der Waals surface area contributed by atoms with Gasteiger partial charge in [0.15, 0.2) is 0 Å². The summed E-state index contributed by atoms with van der Waals surface area (Å²) >= 11 is 5.97. The second kappa shape index (κ2) is 7.36. The van der Waals surface area contributed by atoms with Gasteiger partial charge in [0.25, 0.3) is 0 Å². The van der Waals surface area contributed by atoms with E-state index in [2.05, 4.69) is 19.2 Å². The Morgan fingerprint density at radius 2 is 2.15 bits per heavy atom. The lowest BCUT2D eigenvalue weighted by atomic mass is 10.1. The molecule has 1 N–H and O–H groups in total. The summed E-state index contributed by atoms with van der Waals surface area (Å²) in [6.07, 6.45) is 2.50. The molecule has 2 unspecified atom stereocenters. The van der Waals surface area contributed by atoms with Crippen LogP contribution in [0.3, 0.4) is 0 Å². The topological polar surface area (TPSA) is 34.4 Å². The predicted molar refractivity (Wildman–Crippen MR) is 81.4 cm³/mol. The largest absolute Gasteiger partial charge is 0.489 e. The summed E-state index contributed by atoms with van der Waals surface area (Å²) in [6.45, 7) is 5.02. The number of rotatable bonds is 7. The minimum Gasteiger partial charge on any atom is -0.489 e. The van der Waals surface area contributed by atoms with Crippen molar-refractivity contribution in [3.63, 3.8) is 0 Å². The maximum absolute atomic E-state index is 5.97. The van der Waals surface area contributed by atoms with Crippen LogP contribution in [0.15, 0.2) is 47.1 Å². The van der Waals surface area contributed by atoms with Gasteiger partial charge in [-0.2, -0.15) is 0 Å². The van der Waals surface area contributed by atoms with Crippen LogP contribution in [0.1, 0.15) is 19.6 Å². The molecule has 2 atom stereocenters. The molecule has 0 amide bonds. The molecule has 0 spiro atoms. The Morgan fingerprint density at radius 3 is 2.80 bits per heavy atom. The molecule has 4 heteroatoms. The predicted octanol–water partition coefficient (Wildman–Crippen LogP) is 3.92. The van der Waals surface area contributed by atoms with E-state index in [9.17, 15) is 0 Å². The first-order chi connectivity index (χ1) is 9.69. The lowest BCUT2D eigenvalue weighted by molar-refractivity contribution is 0.167. The van der Waals surface area contributed by atoms with Gasteiger partial charge >= 0.3 is 0 Å². The Balaban J connectivity index is 2.00. The highest BCUT2D eigenvalue weighted by Crippen LogP contribution is 2.20. The standard InChI is InChI=1S/C16H20ClNO2/c1-3-18-16(11-14-8-5-9-19-14)12(2)20-15-7-4-6-13(17)10-15/h4-10,12,16,18H,3,11H2,1-2H3. The summed E-state index contributed by atoms with van der Waals surface area (Å²) in [7, 11) is 0. The number of furan rings is 1. The van der Waals surface area contributed by atoms with Crippen LogP contribution < -0.4 is 10.1 Å². The molecule has 1 aromatic heterocycles. The zero-order chi connectivity index (χ0) is 14.4. The van der Waals surface area contributed by atoms with Crippen LogP contribution in [-0.2, 0) is 6.42 Å². The van der Waals surface area contributed by atoms with Crippen molar-refractivity contribution in [3.8, 4) is 5.75 Å². The van der Waals surface area contributed by atoms with Gasteiger partial charge in [0.2, 0.25) is 0 Å². The average molecular weight is 294 g/mol. The number of hydrogen-bond acceptors (Lipinski definition) is 3. The second-order valence-corrected chi connectivity index (χ2v) is 5.16. The Bertz CT molecular complexity index is 513.